The van der Waals surface area contributed by atoms with Crippen molar-refractivity contribution in [3.05, 3.63) is 18.7 Å². The third kappa shape index (κ3) is 0.855. The quantitative estimate of drug-likeness (QED) is 0.503. The molecule has 0 atom stereocenters. The average molecular weight is 98.1 g/mol. The summed E-state index contributed by atoms with van der Waals surface area (Å²) in [7, 11) is 0. The lowest BCUT2D eigenvalue weighted by Gasteiger charge is -1.81. The lowest BCUT2D eigenvalue weighted by atomic mass is 10.6. The zero-order chi connectivity index (χ0) is 6.85. The van der Waals surface area contributed by atoms with Crippen LogP contribution in [-0.4, -0.2) is 15.1 Å². The van der Waals surface area contributed by atoms with Crippen LogP contribution in [0.1, 0.15) is 2.74 Å². The first-order valence-corrected chi connectivity index (χ1v) is 1.69. The molecule has 0 amide bonds. The van der Waals surface area contributed by atoms with Crippen LogP contribution < -0.4 is 0 Å². The van der Waals surface area contributed by atoms with E-state index in [0.29, 0.717) is 0 Å². The predicted molar refractivity (Wildman–Crippen MR) is 23.7 cm³/mol. The Labute approximate surface area is 43.5 Å². The van der Waals surface area contributed by atoms with E-state index in [2.05, 4.69) is 9.97 Å². The van der Waals surface area contributed by atoms with Gasteiger partial charge in [0, 0.05) is 0 Å². The largest absolute Gasteiger partial charge is 0.505 e. The molecular formula is C4H4N2O. The molecule has 3 heteroatoms. The van der Waals surface area contributed by atoms with Crippen molar-refractivity contribution in [2.45, 2.75) is 0 Å². The van der Waals surface area contributed by atoms with Crippen molar-refractivity contribution in [1.29, 1.82) is 0 Å². The molecule has 1 aromatic heterocycles. The highest BCUT2D eigenvalue weighted by atomic mass is 16.3. The van der Waals surface area contributed by atoms with E-state index in [0.717, 1.165) is 6.33 Å². The zero-order valence-corrected chi connectivity index (χ0v) is 3.42. The van der Waals surface area contributed by atoms with Crippen molar-refractivity contribution in [2.75, 3.05) is 0 Å². The summed E-state index contributed by atoms with van der Waals surface area (Å²) < 4.78 is 13.7. The third-order valence-corrected chi connectivity index (χ3v) is 0.456. The monoisotopic (exact) mass is 98.0 g/mol. The van der Waals surface area contributed by atoms with Crippen molar-refractivity contribution < 1.29 is 7.85 Å². The van der Waals surface area contributed by atoms with Crippen molar-refractivity contribution in [3.63, 3.8) is 0 Å². The summed E-state index contributed by atoms with van der Waals surface area (Å²) in [5, 5.41) is 8.71. The van der Waals surface area contributed by atoms with Gasteiger partial charge in [-0.1, -0.05) is 0 Å². The summed E-state index contributed by atoms with van der Waals surface area (Å²) in [6, 6.07) is 0. The van der Waals surface area contributed by atoms with E-state index in [4.69, 9.17) is 7.85 Å². The minimum Gasteiger partial charge on any atom is -0.505 e. The number of hydrogen-bond acceptors (Lipinski definition) is 3. The highest BCUT2D eigenvalue weighted by molar-refractivity contribution is 5.06. The van der Waals surface area contributed by atoms with Gasteiger partial charge in [0.05, 0.1) is 15.1 Å². The normalized spacial score (nSPS) is 12.6. The molecule has 1 N–H and O–H groups in total. The second-order valence-electron chi connectivity index (χ2n) is 0.946. The van der Waals surface area contributed by atoms with Crippen LogP contribution >= 0.6 is 0 Å². The molecule has 3 nitrogen and oxygen atoms in total. The van der Waals surface area contributed by atoms with E-state index in [1.54, 1.807) is 0 Å². The van der Waals surface area contributed by atoms with Gasteiger partial charge in [-0.25, -0.2) is 9.97 Å². The fraction of sp³-hybridized carbons (Fsp3) is 0. The lowest BCUT2D eigenvalue weighted by molar-refractivity contribution is 0.469. The third-order valence-electron chi connectivity index (χ3n) is 0.456. The van der Waals surface area contributed by atoms with Crippen LogP contribution in [0.2, 0.25) is 0 Å². The van der Waals surface area contributed by atoms with Gasteiger partial charge >= 0.3 is 0 Å². The molecule has 0 spiro atoms. The molecule has 0 radical (unpaired) electrons. The standard InChI is InChI=1S/C4H4N2O/c7-4-1-5-3-6-2-4/h1-3,7H/i1D,2D. The van der Waals surface area contributed by atoms with E-state index >= 15 is 0 Å². The first kappa shape index (κ1) is 2.26. The summed E-state index contributed by atoms with van der Waals surface area (Å²) >= 11 is 0. The minimum atomic E-state index is -0.475. The highest BCUT2D eigenvalue weighted by Gasteiger charge is 1.77. The molecule has 7 heavy (non-hydrogen) atoms. The fourth-order valence-electron chi connectivity index (χ4n) is 0.234. The smallest absolute Gasteiger partial charge is 0.152 e. The summed E-state index contributed by atoms with van der Waals surface area (Å²) in [6.07, 6.45) is 0.440. The maximum atomic E-state index is 8.71. The van der Waals surface area contributed by atoms with Crippen LogP contribution in [0.25, 0.3) is 0 Å². The molecule has 1 rings (SSSR count). The first-order valence-electron chi connectivity index (χ1n) is 2.69. The molecule has 36 valence electrons. The van der Waals surface area contributed by atoms with Crippen LogP contribution in [0.5, 0.6) is 5.75 Å². The summed E-state index contributed by atoms with van der Waals surface area (Å²) in [6.45, 7) is 0. The topological polar surface area (TPSA) is 46.0 Å². The SMILES string of the molecule is [2H]c1ncnc([2H])c1O. The number of rotatable bonds is 0. The molecule has 0 aliphatic heterocycles. The van der Waals surface area contributed by atoms with E-state index < -0.39 is 5.75 Å². The Kier molecular flexibility index (Phi) is 0.500. The van der Waals surface area contributed by atoms with Gasteiger partial charge in [-0.15, -0.1) is 0 Å². The molecule has 0 unspecified atom stereocenters. The fourth-order valence-corrected chi connectivity index (χ4v) is 0.234. The minimum absolute atomic E-state index is 0.310. The maximum absolute atomic E-state index is 8.71. The number of hydrogen-bond donors (Lipinski definition) is 1. The summed E-state index contributed by atoms with van der Waals surface area (Å²) in [5.41, 5.74) is 0. The van der Waals surface area contributed by atoms with Gasteiger partial charge in [0.2, 0.25) is 0 Å². The zero-order valence-electron chi connectivity index (χ0n) is 5.42. The van der Waals surface area contributed by atoms with Crippen molar-refractivity contribution >= 4 is 0 Å². The molecule has 0 aromatic carbocycles. The van der Waals surface area contributed by atoms with Gasteiger partial charge in [0.1, 0.15) is 6.33 Å². The molecule has 0 saturated heterocycles. The van der Waals surface area contributed by atoms with Gasteiger partial charge < -0.3 is 5.11 Å². The summed E-state index contributed by atoms with van der Waals surface area (Å²) in [5.74, 6) is -0.475. The van der Waals surface area contributed by atoms with Gasteiger partial charge in [-0.05, 0) is 0 Å². The molecule has 0 aliphatic rings. The van der Waals surface area contributed by atoms with Crippen LogP contribution in [0.15, 0.2) is 18.7 Å². The van der Waals surface area contributed by atoms with Crippen LogP contribution in [0, 0.1) is 0 Å². The van der Waals surface area contributed by atoms with Gasteiger partial charge in [-0.2, -0.15) is 0 Å². The van der Waals surface area contributed by atoms with E-state index in [9.17, 15) is 0 Å². The van der Waals surface area contributed by atoms with Crippen molar-refractivity contribution in [3.8, 4) is 5.75 Å². The van der Waals surface area contributed by atoms with Gasteiger partial charge in [0.25, 0.3) is 0 Å². The average Bonchev–Trinajstić information content (AvgIpc) is 1.83. The molecule has 1 aromatic rings. The Balaban J connectivity index is 3.25. The highest BCUT2D eigenvalue weighted by Crippen LogP contribution is 1.96. The molecule has 0 saturated carbocycles. The second kappa shape index (κ2) is 1.55. The number of aromatic hydroxyl groups is 1. The van der Waals surface area contributed by atoms with E-state index in [1.807, 2.05) is 0 Å². The first-order chi connectivity index (χ1) is 4.22. The van der Waals surface area contributed by atoms with Crippen LogP contribution in [-0.2, 0) is 0 Å². The van der Waals surface area contributed by atoms with E-state index in [1.165, 1.54) is 0 Å². The van der Waals surface area contributed by atoms with Gasteiger partial charge in [-0.3, -0.25) is 0 Å². The van der Waals surface area contributed by atoms with Crippen LogP contribution in [0.4, 0.5) is 0 Å². The predicted octanol–water partition coefficient (Wildman–Crippen LogP) is 0.182. The maximum Gasteiger partial charge on any atom is 0.152 e. The molecular weight excluding hydrogens is 92.1 g/mol. The molecule has 0 fully saturated rings. The Morgan fingerprint density at radius 2 is 2.14 bits per heavy atom. The molecule has 0 bridgehead atoms. The Bertz CT molecular complexity index is 208. The van der Waals surface area contributed by atoms with Crippen molar-refractivity contribution in [2.24, 2.45) is 0 Å². The molecule has 0 aliphatic carbocycles. The number of nitrogens with zero attached hydrogens (tertiary/aromatic N) is 2. The Morgan fingerprint density at radius 1 is 1.57 bits per heavy atom. The Morgan fingerprint density at radius 3 is 2.57 bits per heavy atom. The second-order valence-corrected chi connectivity index (χ2v) is 0.946. The Hall–Kier alpha value is -1.12. The van der Waals surface area contributed by atoms with Gasteiger partial charge in [0.15, 0.2) is 5.75 Å². The molecule has 1 heterocycles. The van der Waals surface area contributed by atoms with Crippen molar-refractivity contribution in [1.82, 2.24) is 9.97 Å². The van der Waals surface area contributed by atoms with E-state index in [-0.39, 0.29) is 12.3 Å². The lowest BCUT2D eigenvalue weighted by Crippen LogP contribution is -1.70. The summed E-state index contributed by atoms with van der Waals surface area (Å²) in [4.78, 5) is 6.65. The van der Waals surface area contributed by atoms with Crippen LogP contribution in [0.3, 0.4) is 0 Å². The number of aromatic nitrogens is 2.